The van der Waals surface area contributed by atoms with Gasteiger partial charge >= 0.3 is 0 Å². The Bertz CT molecular complexity index is 3030. The molecule has 0 aliphatic carbocycles. The van der Waals surface area contributed by atoms with Gasteiger partial charge in [0.05, 0.1) is 24.3 Å². The lowest BCUT2D eigenvalue weighted by Crippen LogP contribution is -2.06. The summed E-state index contributed by atoms with van der Waals surface area (Å²) in [4.78, 5) is 4.45. The van der Waals surface area contributed by atoms with Gasteiger partial charge in [-0.3, -0.25) is 0 Å². The Hall–Kier alpha value is -4.68. The van der Waals surface area contributed by atoms with Gasteiger partial charge in [0.1, 0.15) is 34.1 Å². The van der Waals surface area contributed by atoms with Gasteiger partial charge in [0, 0.05) is 63.6 Å². The monoisotopic (exact) mass is 1080 g/mol. The van der Waals surface area contributed by atoms with Gasteiger partial charge in [0.25, 0.3) is 0 Å². The third-order valence-corrected chi connectivity index (χ3v) is 19.5. The van der Waals surface area contributed by atoms with Crippen LogP contribution in [0.15, 0.2) is 84.9 Å². The van der Waals surface area contributed by atoms with E-state index in [9.17, 15) is 0 Å². The van der Waals surface area contributed by atoms with Crippen molar-refractivity contribution in [2.24, 2.45) is 11.8 Å². The molecule has 2 unspecified atom stereocenters. The fourth-order valence-corrected chi connectivity index (χ4v) is 14.9. The Morgan fingerprint density at radius 3 is 1.57 bits per heavy atom. The third-order valence-electron chi connectivity index (χ3n) is 15.2. The van der Waals surface area contributed by atoms with E-state index in [2.05, 4.69) is 123 Å². The quantitative estimate of drug-likeness (QED) is 0.0379. The zero-order valence-electron chi connectivity index (χ0n) is 45.6. The molecule has 11 heteroatoms. The van der Waals surface area contributed by atoms with Crippen LogP contribution in [0.4, 0.5) is 0 Å². The second kappa shape index (κ2) is 27.6. The SMILES string of the molecule is CCCCCCCCOc1c(OCCCCCCCC)c(-c2ccc(-c3cc4c(-c5ccc(CC(CC)CCCC)o5)c5sccc5c(-c5ccc(CC(CC)CCCC)o5)c4s3)s2)c2nonc2c1-c1cccs1. The van der Waals surface area contributed by atoms with Crippen molar-refractivity contribution in [3.05, 3.63) is 82.9 Å². The molecule has 7 heterocycles. The van der Waals surface area contributed by atoms with Crippen molar-refractivity contribution < 1.29 is 22.9 Å². The molecule has 7 nitrogen and oxygen atoms in total. The number of aromatic nitrogens is 2. The summed E-state index contributed by atoms with van der Waals surface area (Å²) < 4.78 is 36.0. The molecule has 7 aromatic heterocycles. The van der Waals surface area contributed by atoms with Crippen LogP contribution in [0.1, 0.15) is 181 Å². The van der Waals surface area contributed by atoms with Crippen molar-refractivity contribution in [3.8, 4) is 64.8 Å². The van der Waals surface area contributed by atoms with Gasteiger partial charge in [0.2, 0.25) is 0 Å². The summed E-state index contributed by atoms with van der Waals surface area (Å²) in [5, 5.41) is 16.0. The van der Waals surface area contributed by atoms with E-state index in [4.69, 9.17) is 22.9 Å². The first-order valence-electron chi connectivity index (χ1n) is 28.8. The zero-order chi connectivity index (χ0) is 51.9. The highest BCUT2D eigenvalue weighted by molar-refractivity contribution is 7.28. The molecule has 0 bridgehead atoms. The predicted octanol–water partition coefficient (Wildman–Crippen LogP) is 22.3. The first kappa shape index (κ1) is 55.1. The summed E-state index contributed by atoms with van der Waals surface area (Å²) in [5.74, 6) is 6.71. The van der Waals surface area contributed by atoms with E-state index in [-0.39, 0.29) is 0 Å². The van der Waals surface area contributed by atoms with Crippen LogP contribution < -0.4 is 9.47 Å². The third kappa shape index (κ3) is 13.0. The van der Waals surface area contributed by atoms with Crippen molar-refractivity contribution in [3.63, 3.8) is 0 Å². The minimum atomic E-state index is 0.586. The number of hydrogen-bond acceptors (Lipinski definition) is 11. The van der Waals surface area contributed by atoms with Crippen LogP contribution in [0.2, 0.25) is 0 Å². The Morgan fingerprint density at radius 2 is 1.01 bits per heavy atom. The van der Waals surface area contributed by atoms with Crippen molar-refractivity contribution in [1.29, 1.82) is 0 Å². The molecule has 0 aliphatic heterocycles. The number of fused-ring (bicyclic) bond motifs is 3. The lowest BCUT2D eigenvalue weighted by atomic mass is 9.95. The maximum absolute atomic E-state index is 7.05. The number of benzene rings is 2. The molecule has 2 aromatic carbocycles. The molecule has 9 rings (SSSR count). The smallest absolute Gasteiger partial charge is 0.172 e. The number of hydrogen-bond donors (Lipinski definition) is 0. The van der Waals surface area contributed by atoms with Gasteiger partial charge in [-0.25, -0.2) is 4.63 Å². The molecular formula is C64H80N2O5S4. The molecule has 0 fully saturated rings. The van der Waals surface area contributed by atoms with Gasteiger partial charge in [-0.15, -0.1) is 45.3 Å². The molecular weight excluding hydrogens is 1000 g/mol. The van der Waals surface area contributed by atoms with Gasteiger partial charge in [-0.1, -0.05) is 163 Å². The Kier molecular flexibility index (Phi) is 20.3. The van der Waals surface area contributed by atoms with Crippen LogP contribution in [0.25, 0.3) is 84.5 Å². The average Bonchev–Trinajstić information content (AvgIpc) is 4.35. The predicted molar refractivity (Wildman–Crippen MR) is 322 cm³/mol. The molecule has 0 radical (unpaired) electrons. The number of furan rings is 2. The molecule has 2 atom stereocenters. The van der Waals surface area contributed by atoms with Crippen LogP contribution >= 0.6 is 45.3 Å². The van der Waals surface area contributed by atoms with E-state index >= 15 is 0 Å². The fourth-order valence-electron chi connectivity index (χ4n) is 10.8. The van der Waals surface area contributed by atoms with Gasteiger partial charge in [-0.2, -0.15) is 0 Å². The van der Waals surface area contributed by atoms with E-state index < -0.39 is 0 Å². The molecule has 0 N–H and O–H groups in total. The van der Waals surface area contributed by atoms with Gasteiger partial charge in [0.15, 0.2) is 11.5 Å². The van der Waals surface area contributed by atoms with E-state index in [1.807, 2.05) is 11.3 Å². The molecule has 0 spiro atoms. The molecule has 0 amide bonds. The number of nitrogens with zero attached hydrogens (tertiary/aromatic N) is 2. The highest BCUT2D eigenvalue weighted by Gasteiger charge is 2.31. The van der Waals surface area contributed by atoms with E-state index in [1.54, 1.807) is 34.0 Å². The zero-order valence-corrected chi connectivity index (χ0v) is 48.9. The standard InChI is InChI=1S/C64H80N2O5S4/c1-7-13-17-19-21-23-36-67-61-57(52-28-25-38-72-52)59-60(66-71-65-59)58(62(61)68-37-24-22-20-18-14-8-2)53-34-33-51(74-53)54-42-48-56(50-32-30-46(70-50)41-44(12-6)27-16-10-4)63-47(35-39-73-63)55(64(48)75-54)49-31-29-45(69-49)40-43(11-5)26-15-9-3/h25,28-35,38-39,42-44H,7-24,26-27,36-37,40-41H2,1-6H3. The summed E-state index contributed by atoms with van der Waals surface area (Å²) in [6, 6.07) is 22.3. The molecule has 0 saturated heterocycles. The van der Waals surface area contributed by atoms with Crippen molar-refractivity contribution >= 4 is 76.6 Å². The van der Waals surface area contributed by atoms with Crippen LogP contribution in [-0.4, -0.2) is 23.5 Å². The van der Waals surface area contributed by atoms with Crippen molar-refractivity contribution in [2.45, 2.75) is 183 Å². The average molecular weight is 1090 g/mol. The summed E-state index contributed by atoms with van der Waals surface area (Å²) in [5.41, 5.74) is 5.51. The Morgan fingerprint density at radius 1 is 0.467 bits per heavy atom. The topological polar surface area (TPSA) is 83.7 Å². The number of unbranched alkanes of at least 4 members (excludes halogenated alkanes) is 12. The highest BCUT2D eigenvalue weighted by atomic mass is 32.1. The lowest BCUT2D eigenvalue weighted by molar-refractivity contribution is 0.260. The summed E-state index contributed by atoms with van der Waals surface area (Å²) >= 11 is 7.08. The van der Waals surface area contributed by atoms with Gasteiger partial charge < -0.3 is 18.3 Å². The normalized spacial score (nSPS) is 12.8. The number of rotatable bonds is 33. The molecule has 75 heavy (non-hydrogen) atoms. The summed E-state index contributed by atoms with van der Waals surface area (Å²) in [7, 11) is 0. The van der Waals surface area contributed by atoms with Crippen molar-refractivity contribution in [1.82, 2.24) is 10.3 Å². The maximum atomic E-state index is 7.05. The molecule has 400 valence electrons. The minimum Gasteiger partial charge on any atom is -0.489 e. The van der Waals surface area contributed by atoms with E-state index in [0.717, 1.165) is 107 Å². The van der Waals surface area contributed by atoms with E-state index in [1.165, 1.54) is 131 Å². The maximum Gasteiger partial charge on any atom is 0.172 e. The van der Waals surface area contributed by atoms with Crippen molar-refractivity contribution in [2.75, 3.05) is 13.2 Å². The van der Waals surface area contributed by atoms with Crippen LogP contribution in [-0.2, 0) is 12.8 Å². The second-order valence-corrected chi connectivity index (χ2v) is 24.8. The first-order chi connectivity index (χ1) is 37.0. The van der Waals surface area contributed by atoms with Crippen LogP contribution in [0.5, 0.6) is 11.5 Å². The first-order valence-corrected chi connectivity index (χ1v) is 32.2. The van der Waals surface area contributed by atoms with Crippen LogP contribution in [0.3, 0.4) is 0 Å². The second-order valence-electron chi connectivity index (χ2n) is 20.8. The Balaban J connectivity index is 1.16. The Labute approximate surface area is 462 Å². The molecule has 9 aromatic rings. The molecule has 0 saturated carbocycles. The molecule has 0 aliphatic rings. The largest absolute Gasteiger partial charge is 0.489 e. The number of thiophene rings is 4. The number of ether oxygens (including phenoxy) is 2. The van der Waals surface area contributed by atoms with Gasteiger partial charge in [-0.05, 0) is 100 Å². The lowest BCUT2D eigenvalue weighted by Gasteiger charge is -2.19. The van der Waals surface area contributed by atoms with E-state index in [0.29, 0.717) is 36.1 Å². The summed E-state index contributed by atoms with van der Waals surface area (Å²) in [6.45, 7) is 14.9. The fraction of sp³-hybridized carbons (Fsp3) is 0.500. The van der Waals surface area contributed by atoms with Crippen LogP contribution in [0, 0.1) is 11.8 Å². The minimum absolute atomic E-state index is 0.586. The summed E-state index contributed by atoms with van der Waals surface area (Å²) in [6.07, 6.45) is 25.8. The highest BCUT2D eigenvalue weighted by Crippen LogP contribution is 2.55.